The zero-order valence-electron chi connectivity index (χ0n) is 11.6. The molecule has 6 nitrogen and oxygen atoms in total. The predicted molar refractivity (Wildman–Crippen MR) is 72.1 cm³/mol. The average molecular weight is 290 g/mol. The summed E-state index contributed by atoms with van der Waals surface area (Å²) in [5.41, 5.74) is 5.19. The summed E-state index contributed by atoms with van der Waals surface area (Å²) in [6.07, 6.45) is 0.762. The Morgan fingerprint density at radius 2 is 2.11 bits per heavy atom. The minimum absolute atomic E-state index is 0.101. The molecule has 0 saturated heterocycles. The molecule has 7 heteroatoms. The normalized spacial score (nSPS) is 12.8. The maximum absolute atomic E-state index is 12.0. The van der Waals surface area contributed by atoms with Crippen LogP contribution in [0.25, 0.3) is 0 Å². The Morgan fingerprint density at radius 1 is 1.42 bits per heavy atom. The van der Waals surface area contributed by atoms with Gasteiger partial charge in [-0.05, 0) is 24.0 Å². The number of hydrogen-bond acceptors (Lipinski definition) is 5. The van der Waals surface area contributed by atoms with E-state index in [0.29, 0.717) is 18.9 Å². The van der Waals surface area contributed by atoms with E-state index in [4.69, 9.17) is 14.9 Å². The molecule has 1 heterocycles. The first-order chi connectivity index (χ1) is 8.80. The van der Waals surface area contributed by atoms with Crippen molar-refractivity contribution in [1.82, 2.24) is 4.72 Å². The van der Waals surface area contributed by atoms with E-state index in [-0.39, 0.29) is 17.1 Å². The van der Waals surface area contributed by atoms with Crippen molar-refractivity contribution in [3.8, 4) is 0 Å². The number of nitrogens with two attached hydrogens (primary N) is 1. The average Bonchev–Trinajstić information content (AvgIpc) is 2.84. The maximum atomic E-state index is 12.0. The Labute approximate surface area is 114 Å². The lowest BCUT2D eigenvalue weighted by atomic mass is 9.90. The molecule has 0 spiro atoms. The third kappa shape index (κ3) is 4.94. The number of hydrogen-bond donors (Lipinski definition) is 2. The van der Waals surface area contributed by atoms with E-state index >= 15 is 0 Å². The minimum atomic E-state index is -3.62. The van der Waals surface area contributed by atoms with Crippen LogP contribution in [0.2, 0.25) is 0 Å². The number of rotatable bonds is 8. The van der Waals surface area contributed by atoms with Crippen LogP contribution in [0.15, 0.2) is 21.6 Å². The molecule has 0 amide bonds. The molecule has 0 radical (unpaired) electrons. The van der Waals surface area contributed by atoms with Crippen molar-refractivity contribution in [2.24, 2.45) is 11.1 Å². The SMILES string of the molecule is COCCC(C)(C)CNS(=O)(=O)c1ccc(CN)o1. The Bertz CT molecular complexity index is 494. The summed E-state index contributed by atoms with van der Waals surface area (Å²) in [5.74, 6) is 0.444. The summed E-state index contributed by atoms with van der Waals surface area (Å²) in [6, 6.07) is 2.97. The summed E-state index contributed by atoms with van der Waals surface area (Å²) < 4.78 is 36.7. The first kappa shape index (κ1) is 16.2. The number of ether oxygens (including phenoxy) is 1. The highest BCUT2D eigenvalue weighted by Crippen LogP contribution is 2.20. The van der Waals surface area contributed by atoms with Crippen LogP contribution >= 0.6 is 0 Å². The van der Waals surface area contributed by atoms with Gasteiger partial charge in [-0.1, -0.05) is 13.8 Å². The van der Waals surface area contributed by atoms with Gasteiger partial charge in [0, 0.05) is 20.3 Å². The Balaban J connectivity index is 2.65. The summed E-state index contributed by atoms with van der Waals surface area (Å²) in [5, 5.41) is -0.101. The second-order valence-electron chi connectivity index (χ2n) is 5.16. The molecule has 0 aliphatic rings. The van der Waals surface area contributed by atoms with Gasteiger partial charge in [-0.3, -0.25) is 0 Å². The summed E-state index contributed by atoms with van der Waals surface area (Å²) in [4.78, 5) is 0. The molecule has 0 unspecified atom stereocenters. The smallest absolute Gasteiger partial charge is 0.273 e. The van der Waals surface area contributed by atoms with Gasteiger partial charge in [0.2, 0.25) is 5.09 Å². The van der Waals surface area contributed by atoms with Crippen molar-refractivity contribution in [1.29, 1.82) is 0 Å². The highest BCUT2D eigenvalue weighted by atomic mass is 32.2. The van der Waals surface area contributed by atoms with Gasteiger partial charge in [-0.25, -0.2) is 13.1 Å². The van der Waals surface area contributed by atoms with E-state index in [9.17, 15) is 8.42 Å². The van der Waals surface area contributed by atoms with E-state index in [1.807, 2.05) is 13.8 Å². The topological polar surface area (TPSA) is 94.6 Å². The van der Waals surface area contributed by atoms with Gasteiger partial charge in [0.25, 0.3) is 10.0 Å². The lowest BCUT2D eigenvalue weighted by molar-refractivity contribution is 0.153. The minimum Gasteiger partial charge on any atom is -0.447 e. The van der Waals surface area contributed by atoms with Crippen LogP contribution in [0.4, 0.5) is 0 Å². The molecule has 19 heavy (non-hydrogen) atoms. The molecule has 0 atom stereocenters. The van der Waals surface area contributed by atoms with Gasteiger partial charge in [0.15, 0.2) is 0 Å². The van der Waals surface area contributed by atoms with E-state index in [2.05, 4.69) is 4.72 Å². The second kappa shape index (κ2) is 6.51. The molecule has 3 N–H and O–H groups in total. The number of furan rings is 1. The van der Waals surface area contributed by atoms with Crippen molar-refractivity contribution < 1.29 is 17.6 Å². The first-order valence-corrected chi connectivity index (χ1v) is 7.56. The van der Waals surface area contributed by atoms with Gasteiger partial charge < -0.3 is 14.9 Å². The van der Waals surface area contributed by atoms with Crippen LogP contribution in [-0.4, -0.2) is 28.7 Å². The zero-order chi connectivity index (χ0) is 14.5. The molecule has 1 aromatic heterocycles. The summed E-state index contributed by atoms with van der Waals surface area (Å²) in [7, 11) is -2.00. The third-order valence-corrected chi connectivity index (χ3v) is 4.10. The van der Waals surface area contributed by atoms with Crippen molar-refractivity contribution >= 4 is 10.0 Å². The third-order valence-electron chi connectivity index (χ3n) is 2.83. The van der Waals surface area contributed by atoms with Crippen molar-refractivity contribution in [2.75, 3.05) is 20.3 Å². The van der Waals surface area contributed by atoms with Crippen molar-refractivity contribution in [3.63, 3.8) is 0 Å². The van der Waals surface area contributed by atoms with Gasteiger partial charge in [0.1, 0.15) is 5.76 Å². The summed E-state index contributed by atoms with van der Waals surface area (Å²) >= 11 is 0. The molecule has 0 saturated carbocycles. The molecule has 0 aliphatic heterocycles. The molecule has 1 aromatic rings. The summed E-state index contributed by atoms with van der Waals surface area (Å²) in [6.45, 7) is 5.03. The molecular formula is C12H22N2O4S. The van der Waals surface area contributed by atoms with Gasteiger partial charge in [0.05, 0.1) is 6.54 Å². The molecule has 0 bridgehead atoms. The monoisotopic (exact) mass is 290 g/mol. The molecule has 0 aromatic carbocycles. The number of nitrogens with one attached hydrogen (secondary N) is 1. The fraction of sp³-hybridized carbons (Fsp3) is 0.667. The highest BCUT2D eigenvalue weighted by Gasteiger charge is 2.24. The van der Waals surface area contributed by atoms with E-state index in [0.717, 1.165) is 6.42 Å². The van der Waals surface area contributed by atoms with Crippen molar-refractivity contribution in [3.05, 3.63) is 17.9 Å². The zero-order valence-corrected chi connectivity index (χ0v) is 12.4. The highest BCUT2D eigenvalue weighted by molar-refractivity contribution is 7.89. The molecule has 0 fully saturated rings. The van der Waals surface area contributed by atoms with E-state index in [1.54, 1.807) is 13.2 Å². The Kier molecular flexibility index (Phi) is 5.54. The van der Waals surface area contributed by atoms with Crippen LogP contribution in [-0.2, 0) is 21.3 Å². The maximum Gasteiger partial charge on any atom is 0.273 e. The number of methoxy groups -OCH3 is 1. The van der Waals surface area contributed by atoms with Crippen LogP contribution in [0, 0.1) is 5.41 Å². The van der Waals surface area contributed by atoms with Crippen LogP contribution in [0.5, 0.6) is 0 Å². The molecule has 110 valence electrons. The second-order valence-corrected chi connectivity index (χ2v) is 6.85. The lowest BCUT2D eigenvalue weighted by Gasteiger charge is -2.24. The Hall–Kier alpha value is -0.890. The number of sulfonamides is 1. The predicted octanol–water partition coefficient (Wildman–Crippen LogP) is 1.08. The Morgan fingerprint density at radius 3 is 2.63 bits per heavy atom. The quantitative estimate of drug-likeness (QED) is 0.747. The van der Waals surface area contributed by atoms with E-state index in [1.165, 1.54) is 6.07 Å². The standard InChI is InChI=1S/C12H22N2O4S/c1-12(2,6-7-17-3)9-14-19(15,16)11-5-4-10(8-13)18-11/h4-5,14H,6-9,13H2,1-3H3. The van der Waals surface area contributed by atoms with Crippen molar-refractivity contribution in [2.45, 2.75) is 31.9 Å². The molecular weight excluding hydrogens is 268 g/mol. The first-order valence-electron chi connectivity index (χ1n) is 6.08. The molecule has 1 rings (SSSR count). The van der Waals surface area contributed by atoms with Crippen LogP contribution in [0.1, 0.15) is 26.0 Å². The fourth-order valence-electron chi connectivity index (χ4n) is 1.44. The van der Waals surface area contributed by atoms with Gasteiger partial charge in [-0.2, -0.15) is 0 Å². The molecule has 0 aliphatic carbocycles. The fourth-order valence-corrected chi connectivity index (χ4v) is 2.63. The van der Waals surface area contributed by atoms with Gasteiger partial charge in [-0.15, -0.1) is 0 Å². The van der Waals surface area contributed by atoms with Crippen LogP contribution in [0.3, 0.4) is 0 Å². The largest absolute Gasteiger partial charge is 0.447 e. The van der Waals surface area contributed by atoms with E-state index < -0.39 is 10.0 Å². The lowest BCUT2D eigenvalue weighted by Crippen LogP contribution is -2.34. The van der Waals surface area contributed by atoms with Gasteiger partial charge >= 0.3 is 0 Å². The van der Waals surface area contributed by atoms with Crippen LogP contribution < -0.4 is 10.5 Å².